The van der Waals surface area contributed by atoms with Crippen LogP contribution in [0.2, 0.25) is 0 Å². The Labute approximate surface area is 145 Å². The maximum atomic E-state index is 12.4. The lowest BCUT2D eigenvalue weighted by molar-refractivity contribution is -0.128. The van der Waals surface area contributed by atoms with Crippen molar-refractivity contribution in [1.29, 1.82) is 0 Å². The second kappa shape index (κ2) is 8.02. The minimum Gasteiger partial charge on any atom is -0.481 e. The summed E-state index contributed by atoms with van der Waals surface area (Å²) in [6, 6.07) is 6.54. The van der Waals surface area contributed by atoms with Crippen molar-refractivity contribution in [2.24, 2.45) is 0 Å². The maximum Gasteiger partial charge on any atom is 0.260 e. The van der Waals surface area contributed by atoms with Crippen LogP contribution in [0.25, 0.3) is 0 Å². The van der Waals surface area contributed by atoms with E-state index in [4.69, 9.17) is 4.74 Å². The number of hydrogen-bond donors (Lipinski definition) is 1. The van der Waals surface area contributed by atoms with Gasteiger partial charge in [-0.15, -0.1) is 0 Å². The Morgan fingerprint density at radius 1 is 1.29 bits per heavy atom. The molecule has 1 N–H and O–H groups in total. The molecule has 0 radical (unpaired) electrons. The van der Waals surface area contributed by atoms with E-state index >= 15 is 0 Å². The molecule has 1 aromatic rings. The van der Waals surface area contributed by atoms with Crippen molar-refractivity contribution in [3.05, 3.63) is 29.3 Å². The number of rotatable bonds is 6. The van der Waals surface area contributed by atoms with Gasteiger partial charge in [-0.1, -0.05) is 13.0 Å². The van der Waals surface area contributed by atoms with Crippen LogP contribution in [0.1, 0.15) is 50.7 Å². The predicted molar refractivity (Wildman–Crippen MR) is 96.5 cm³/mol. The van der Waals surface area contributed by atoms with Crippen molar-refractivity contribution in [2.45, 2.75) is 64.5 Å². The van der Waals surface area contributed by atoms with E-state index in [0.29, 0.717) is 0 Å². The van der Waals surface area contributed by atoms with Gasteiger partial charge in [0.1, 0.15) is 5.75 Å². The molecule has 1 aliphatic carbocycles. The third-order valence-corrected chi connectivity index (χ3v) is 5.23. The molecule has 0 bridgehead atoms. The molecule has 24 heavy (non-hydrogen) atoms. The molecule has 1 aliphatic heterocycles. The van der Waals surface area contributed by atoms with Gasteiger partial charge in [-0.2, -0.15) is 0 Å². The van der Waals surface area contributed by atoms with Crippen molar-refractivity contribution in [3.63, 3.8) is 0 Å². The molecule has 4 nitrogen and oxygen atoms in total. The summed E-state index contributed by atoms with van der Waals surface area (Å²) in [5, 5.41) is 3.16. The molecular formula is C20H30N2O2. The molecule has 1 heterocycles. The van der Waals surface area contributed by atoms with Gasteiger partial charge < -0.3 is 15.0 Å². The molecule has 2 aliphatic rings. The number of carbonyl (C=O) groups is 1. The topological polar surface area (TPSA) is 41.6 Å². The molecule has 1 unspecified atom stereocenters. The number of aryl methyl sites for hydroxylation is 2. The number of nitrogens with one attached hydrogen (secondary N) is 1. The predicted octanol–water partition coefficient (Wildman–Crippen LogP) is 2.93. The molecular weight excluding hydrogens is 300 g/mol. The smallest absolute Gasteiger partial charge is 0.260 e. The summed E-state index contributed by atoms with van der Waals surface area (Å²) in [5.74, 6) is 0.820. The second-order valence-electron chi connectivity index (χ2n) is 7.17. The normalized spacial score (nSPS) is 19.8. The quantitative estimate of drug-likeness (QED) is 0.872. The van der Waals surface area contributed by atoms with Crippen molar-refractivity contribution < 1.29 is 9.53 Å². The first kappa shape index (κ1) is 17.3. The van der Waals surface area contributed by atoms with Crippen molar-refractivity contribution in [1.82, 2.24) is 10.2 Å². The van der Waals surface area contributed by atoms with E-state index in [9.17, 15) is 4.79 Å². The van der Waals surface area contributed by atoms with E-state index in [1.54, 1.807) is 0 Å². The zero-order chi connectivity index (χ0) is 16.9. The van der Waals surface area contributed by atoms with E-state index in [1.165, 1.54) is 36.9 Å². The SMILES string of the molecule is CCCN1CCC(NC(=O)C(C)Oc2ccc3c(c2)CCC3)CC1. The van der Waals surface area contributed by atoms with Crippen molar-refractivity contribution in [3.8, 4) is 5.75 Å². The van der Waals surface area contributed by atoms with Gasteiger partial charge in [0, 0.05) is 19.1 Å². The Morgan fingerprint density at radius 3 is 2.79 bits per heavy atom. The number of piperidine rings is 1. The molecule has 1 fully saturated rings. The zero-order valence-corrected chi connectivity index (χ0v) is 15.0. The molecule has 1 aromatic carbocycles. The van der Waals surface area contributed by atoms with Crippen LogP contribution in [0.5, 0.6) is 5.75 Å². The fraction of sp³-hybridized carbons (Fsp3) is 0.650. The largest absolute Gasteiger partial charge is 0.481 e. The van der Waals surface area contributed by atoms with Crippen LogP contribution in [0.15, 0.2) is 18.2 Å². The van der Waals surface area contributed by atoms with Crippen LogP contribution in [0.4, 0.5) is 0 Å². The number of ether oxygens (including phenoxy) is 1. The number of carbonyl (C=O) groups excluding carboxylic acids is 1. The van der Waals surface area contributed by atoms with Gasteiger partial charge in [-0.25, -0.2) is 0 Å². The highest BCUT2D eigenvalue weighted by Crippen LogP contribution is 2.26. The first-order valence-electron chi connectivity index (χ1n) is 9.47. The van der Waals surface area contributed by atoms with Gasteiger partial charge in [0.2, 0.25) is 0 Å². The Bertz CT molecular complexity index is 565. The third-order valence-electron chi connectivity index (χ3n) is 5.23. The molecule has 0 aromatic heterocycles. The van der Waals surface area contributed by atoms with Crippen molar-refractivity contribution >= 4 is 5.91 Å². The van der Waals surface area contributed by atoms with E-state index in [0.717, 1.165) is 38.1 Å². The van der Waals surface area contributed by atoms with Gasteiger partial charge in [0.15, 0.2) is 6.10 Å². The summed E-state index contributed by atoms with van der Waals surface area (Å²) in [7, 11) is 0. The average molecular weight is 330 g/mol. The molecule has 0 saturated carbocycles. The summed E-state index contributed by atoms with van der Waals surface area (Å²) in [6.45, 7) is 7.39. The average Bonchev–Trinajstić information content (AvgIpc) is 3.04. The van der Waals surface area contributed by atoms with E-state index < -0.39 is 6.10 Å². The Morgan fingerprint density at radius 2 is 2.04 bits per heavy atom. The lowest BCUT2D eigenvalue weighted by atomic mass is 10.0. The van der Waals surface area contributed by atoms with Gasteiger partial charge in [0.25, 0.3) is 5.91 Å². The lowest BCUT2D eigenvalue weighted by Crippen LogP contribution is -2.48. The molecule has 0 spiro atoms. The van der Waals surface area contributed by atoms with Crippen LogP contribution in [-0.4, -0.2) is 42.6 Å². The standard InChI is InChI=1S/C20H30N2O2/c1-3-11-22-12-9-18(10-13-22)21-20(23)15(2)24-19-8-7-16-5-4-6-17(16)14-19/h7-8,14-15,18H,3-6,9-13H2,1-2H3,(H,21,23). The Hall–Kier alpha value is -1.55. The fourth-order valence-corrected chi connectivity index (χ4v) is 3.81. The summed E-state index contributed by atoms with van der Waals surface area (Å²) >= 11 is 0. The molecule has 4 heteroatoms. The summed E-state index contributed by atoms with van der Waals surface area (Å²) in [4.78, 5) is 14.9. The van der Waals surface area contributed by atoms with Gasteiger partial charge in [-0.05, 0) is 75.3 Å². The number of benzene rings is 1. The monoisotopic (exact) mass is 330 g/mol. The summed E-state index contributed by atoms with van der Waals surface area (Å²) in [6.07, 6.45) is 6.35. The van der Waals surface area contributed by atoms with Gasteiger partial charge >= 0.3 is 0 Å². The molecule has 1 saturated heterocycles. The minimum atomic E-state index is -0.446. The van der Waals surface area contributed by atoms with Crippen molar-refractivity contribution in [2.75, 3.05) is 19.6 Å². The highest BCUT2D eigenvalue weighted by Gasteiger charge is 2.23. The number of fused-ring (bicyclic) bond motifs is 1. The highest BCUT2D eigenvalue weighted by molar-refractivity contribution is 5.81. The summed E-state index contributed by atoms with van der Waals surface area (Å²) in [5.41, 5.74) is 2.81. The van der Waals surface area contributed by atoms with E-state index in [1.807, 2.05) is 13.0 Å². The lowest BCUT2D eigenvalue weighted by Gasteiger charge is -2.32. The molecule has 3 rings (SSSR count). The van der Waals surface area contributed by atoms with Gasteiger partial charge in [-0.3, -0.25) is 4.79 Å². The second-order valence-corrected chi connectivity index (χ2v) is 7.17. The molecule has 1 amide bonds. The highest BCUT2D eigenvalue weighted by atomic mass is 16.5. The summed E-state index contributed by atoms with van der Waals surface area (Å²) < 4.78 is 5.88. The number of amides is 1. The zero-order valence-electron chi connectivity index (χ0n) is 15.0. The Balaban J connectivity index is 1.47. The van der Waals surface area contributed by atoms with Crippen LogP contribution in [0.3, 0.4) is 0 Å². The van der Waals surface area contributed by atoms with Crippen LogP contribution >= 0.6 is 0 Å². The van der Waals surface area contributed by atoms with Crippen LogP contribution in [0, 0.1) is 0 Å². The minimum absolute atomic E-state index is 0.00411. The maximum absolute atomic E-state index is 12.4. The molecule has 1 atom stereocenters. The number of likely N-dealkylation sites (tertiary alicyclic amines) is 1. The van der Waals surface area contributed by atoms with Crippen LogP contribution in [-0.2, 0) is 17.6 Å². The third kappa shape index (κ3) is 4.29. The number of hydrogen-bond acceptors (Lipinski definition) is 3. The number of nitrogens with zero attached hydrogens (tertiary/aromatic N) is 1. The fourth-order valence-electron chi connectivity index (χ4n) is 3.81. The molecule has 132 valence electrons. The van der Waals surface area contributed by atoms with E-state index in [2.05, 4.69) is 29.3 Å². The van der Waals surface area contributed by atoms with Crippen LogP contribution < -0.4 is 10.1 Å². The van der Waals surface area contributed by atoms with E-state index in [-0.39, 0.29) is 11.9 Å². The first-order valence-corrected chi connectivity index (χ1v) is 9.47. The first-order chi connectivity index (χ1) is 11.7. The Kier molecular flexibility index (Phi) is 5.77. The van der Waals surface area contributed by atoms with Gasteiger partial charge in [0.05, 0.1) is 0 Å².